The van der Waals surface area contributed by atoms with Crippen molar-refractivity contribution in [3.63, 3.8) is 0 Å². The van der Waals surface area contributed by atoms with Gasteiger partial charge in [-0.1, -0.05) is 0 Å². The summed E-state index contributed by atoms with van der Waals surface area (Å²) in [6.45, 7) is -0.0126. The highest BCUT2D eigenvalue weighted by atomic mass is 16.4. The summed E-state index contributed by atoms with van der Waals surface area (Å²) in [6, 6.07) is 1.40. The second-order valence-corrected chi connectivity index (χ2v) is 2.06. The van der Waals surface area contributed by atoms with Gasteiger partial charge in [0.05, 0.1) is 0 Å². The van der Waals surface area contributed by atoms with E-state index in [0.29, 0.717) is 12.1 Å². The van der Waals surface area contributed by atoms with Crippen molar-refractivity contribution in [1.82, 2.24) is 10.2 Å². The Hall–Kier alpha value is -1.36. The number of hydrogen-bond acceptors (Lipinski definition) is 3. The number of nitrogens with one attached hydrogen (secondary N) is 1. The van der Waals surface area contributed by atoms with Crippen molar-refractivity contribution in [2.24, 2.45) is 0 Å². The summed E-state index contributed by atoms with van der Waals surface area (Å²) in [5.74, 6) is -1.06. The van der Waals surface area contributed by atoms with Crippen LogP contribution in [0.25, 0.3) is 0 Å². The molecular formula is C6H8N2O3. The lowest BCUT2D eigenvalue weighted by molar-refractivity contribution is 0.0690. The van der Waals surface area contributed by atoms with Crippen LogP contribution in [0.15, 0.2) is 6.07 Å². The van der Waals surface area contributed by atoms with Crippen LogP contribution in [0.5, 0.6) is 0 Å². The van der Waals surface area contributed by atoms with Crippen LogP contribution in [-0.2, 0) is 6.42 Å². The minimum Gasteiger partial charge on any atom is -0.476 e. The number of hydrogen-bond donors (Lipinski definition) is 3. The van der Waals surface area contributed by atoms with Gasteiger partial charge in [0, 0.05) is 18.7 Å². The van der Waals surface area contributed by atoms with Gasteiger partial charge in [-0.2, -0.15) is 5.10 Å². The third-order valence-corrected chi connectivity index (χ3v) is 1.23. The van der Waals surface area contributed by atoms with E-state index in [-0.39, 0.29) is 12.3 Å². The molecule has 0 aliphatic carbocycles. The van der Waals surface area contributed by atoms with E-state index in [1.807, 2.05) is 0 Å². The molecule has 0 amide bonds. The quantitative estimate of drug-likeness (QED) is 0.558. The van der Waals surface area contributed by atoms with Crippen molar-refractivity contribution in [3.05, 3.63) is 17.5 Å². The second-order valence-electron chi connectivity index (χ2n) is 2.06. The molecule has 0 saturated carbocycles. The van der Waals surface area contributed by atoms with E-state index in [9.17, 15) is 4.79 Å². The molecule has 0 atom stereocenters. The Morgan fingerprint density at radius 3 is 2.91 bits per heavy atom. The number of aromatic amines is 1. The molecule has 1 rings (SSSR count). The molecule has 0 fully saturated rings. The van der Waals surface area contributed by atoms with Crippen LogP contribution >= 0.6 is 0 Å². The molecule has 1 aromatic heterocycles. The zero-order valence-corrected chi connectivity index (χ0v) is 5.74. The van der Waals surface area contributed by atoms with Crippen molar-refractivity contribution in [2.75, 3.05) is 6.61 Å². The fourth-order valence-electron chi connectivity index (χ4n) is 0.720. The van der Waals surface area contributed by atoms with Crippen LogP contribution in [0.2, 0.25) is 0 Å². The minimum atomic E-state index is -1.06. The van der Waals surface area contributed by atoms with Crippen molar-refractivity contribution in [2.45, 2.75) is 6.42 Å². The Balaban J connectivity index is 2.73. The Labute approximate surface area is 62.7 Å². The lowest BCUT2D eigenvalue weighted by Crippen LogP contribution is -1.95. The molecule has 1 heterocycles. The summed E-state index contributed by atoms with van der Waals surface area (Å²) in [5, 5.41) is 22.9. The van der Waals surface area contributed by atoms with Crippen molar-refractivity contribution >= 4 is 5.97 Å². The average molecular weight is 156 g/mol. The number of aromatic nitrogens is 2. The van der Waals surface area contributed by atoms with Crippen molar-refractivity contribution in [1.29, 1.82) is 0 Å². The maximum absolute atomic E-state index is 10.3. The standard InChI is InChI=1S/C6H8N2O3/c9-2-1-4-3-5(6(10)11)8-7-4/h3,9H,1-2H2,(H,7,8)(H,10,11). The zero-order chi connectivity index (χ0) is 8.27. The number of aliphatic hydroxyl groups excluding tert-OH is 1. The van der Waals surface area contributed by atoms with Gasteiger partial charge in [0.2, 0.25) is 0 Å². The van der Waals surface area contributed by atoms with Crippen molar-refractivity contribution in [3.8, 4) is 0 Å². The maximum atomic E-state index is 10.3. The maximum Gasteiger partial charge on any atom is 0.356 e. The van der Waals surface area contributed by atoms with E-state index >= 15 is 0 Å². The topological polar surface area (TPSA) is 86.2 Å². The van der Waals surface area contributed by atoms with E-state index in [1.165, 1.54) is 6.07 Å². The predicted octanol–water partition coefficient (Wildman–Crippen LogP) is -0.357. The van der Waals surface area contributed by atoms with Crippen LogP contribution in [0, 0.1) is 0 Å². The van der Waals surface area contributed by atoms with Gasteiger partial charge in [-0.25, -0.2) is 4.79 Å². The van der Waals surface area contributed by atoms with Gasteiger partial charge in [0.25, 0.3) is 0 Å². The Morgan fingerprint density at radius 2 is 2.45 bits per heavy atom. The molecule has 3 N–H and O–H groups in total. The number of carboxylic acids is 1. The first-order chi connectivity index (χ1) is 5.24. The van der Waals surface area contributed by atoms with E-state index in [1.54, 1.807) is 0 Å². The average Bonchev–Trinajstić information content (AvgIpc) is 2.37. The van der Waals surface area contributed by atoms with Crippen LogP contribution in [0.1, 0.15) is 16.2 Å². The highest BCUT2D eigenvalue weighted by Gasteiger charge is 2.06. The van der Waals surface area contributed by atoms with Crippen LogP contribution in [0.3, 0.4) is 0 Å². The largest absolute Gasteiger partial charge is 0.476 e. The molecule has 0 aliphatic heterocycles. The molecule has 5 nitrogen and oxygen atoms in total. The minimum absolute atomic E-state index is 0.0126. The third kappa shape index (κ3) is 1.78. The first-order valence-corrected chi connectivity index (χ1v) is 3.12. The van der Waals surface area contributed by atoms with Crippen LogP contribution < -0.4 is 0 Å². The first kappa shape index (κ1) is 7.74. The number of rotatable bonds is 3. The van der Waals surface area contributed by atoms with Gasteiger partial charge in [-0.05, 0) is 6.07 Å². The zero-order valence-electron chi connectivity index (χ0n) is 5.74. The van der Waals surface area contributed by atoms with Gasteiger partial charge in [0.15, 0.2) is 5.69 Å². The highest BCUT2D eigenvalue weighted by molar-refractivity contribution is 5.85. The summed E-state index contributed by atoms with van der Waals surface area (Å²) < 4.78 is 0. The number of H-pyrrole nitrogens is 1. The third-order valence-electron chi connectivity index (χ3n) is 1.23. The molecule has 5 heteroatoms. The first-order valence-electron chi connectivity index (χ1n) is 3.12. The fraction of sp³-hybridized carbons (Fsp3) is 0.333. The monoisotopic (exact) mass is 156 g/mol. The Bertz CT molecular complexity index is 256. The molecule has 0 spiro atoms. The molecule has 60 valence electrons. The predicted molar refractivity (Wildman–Crippen MR) is 36.3 cm³/mol. The number of carbonyl (C=O) groups is 1. The molecule has 0 bridgehead atoms. The fourth-order valence-corrected chi connectivity index (χ4v) is 0.720. The molecule has 0 saturated heterocycles. The van der Waals surface area contributed by atoms with Crippen LogP contribution in [0.4, 0.5) is 0 Å². The number of aromatic carboxylic acids is 1. The molecule has 0 unspecified atom stereocenters. The van der Waals surface area contributed by atoms with Gasteiger partial charge < -0.3 is 10.2 Å². The van der Waals surface area contributed by atoms with E-state index in [2.05, 4.69) is 10.2 Å². The molecule has 1 aromatic rings. The molecule has 0 aliphatic rings. The molecule has 11 heavy (non-hydrogen) atoms. The van der Waals surface area contributed by atoms with E-state index in [0.717, 1.165) is 0 Å². The lowest BCUT2D eigenvalue weighted by Gasteiger charge is -1.86. The Morgan fingerprint density at radius 1 is 1.73 bits per heavy atom. The Kier molecular flexibility index (Phi) is 2.22. The second kappa shape index (κ2) is 3.16. The molecule has 0 aromatic carbocycles. The van der Waals surface area contributed by atoms with Gasteiger partial charge >= 0.3 is 5.97 Å². The van der Waals surface area contributed by atoms with Gasteiger partial charge in [-0.3, -0.25) is 5.10 Å². The number of carboxylic acid groups (broad SMARTS) is 1. The summed E-state index contributed by atoms with van der Waals surface area (Å²) in [6.07, 6.45) is 0.403. The van der Waals surface area contributed by atoms with Crippen LogP contribution in [-0.4, -0.2) is 33.0 Å². The summed E-state index contributed by atoms with van der Waals surface area (Å²) >= 11 is 0. The normalized spacial score (nSPS) is 9.91. The number of aliphatic hydroxyl groups is 1. The molecular weight excluding hydrogens is 148 g/mol. The smallest absolute Gasteiger partial charge is 0.356 e. The SMILES string of the molecule is O=C(O)c1cc(CCO)[nH]n1. The summed E-state index contributed by atoms with van der Waals surface area (Å²) in [5.41, 5.74) is 0.610. The van der Waals surface area contributed by atoms with E-state index < -0.39 is 5.97 Å². The summed E-state index contributed by atoms with van der Waals surface area (Å²) in [4.78, 5) is 10.3. The summed E-state index contributed by atoms with van der Waals surface area (Å²) in [7, 11) is 0. The van der Waals surface area contributed by atoms with Gasteiger partial charge in [0.1, 0.15) is 0 Å². The van der Waals surface area contributed by atoms with Gasteiger partial charge in [-0.15, -0.1) is 0 Å². The van der Waals surface area contributed by atoms with Crippen molar-refractivity contribution < 1.29 is 15.0 Å². The lowest BCUT2D eigenvalue weighted by atomic mass is 10.3. The van der Waals surface area contributed by atoms with E-state index in [4.69, 9.17) is 10.2 Å². The molecule has 0 radical (unpaired) electrons. The highest BCUT2D eigenvalue weighted by Crippen LogP contribution is 1.99. The number of nitrogens with zero attached hydrogens (tertiary/aromatic N) is 1.